The van der Waals surface area contributed by atoms with Crippen LogP contribution in [-0.4, -0.2) is 26.4 Å². The maximum Gasteiger partial charge on any atom is 0.230 e. The van der Waals surface area contributed by atoms with E-state index in [1.165, 1.54) is 11.8 Å². The van der Waals surface area contributed by atoms with Gasteiger partial charge in [-0.2, -0.15) is 0 Å². The first-order chi connectivity index (χ1) is 13.7. The van der Waals surface area contributed by atoms with E-state index in [4.69, 9.17) is 11.6 Å². The van der Waals surface area contributed by atoms with Crippen LogP contribution in [0.25, 0.3) is 0 Å². The number of aromatic nitrogens is 3. The number of nitrogens with zero attached hydrogens (tertiary/aromatic N) is 3. The number of thioether (sulfide) groups is 1. The molecule has 1 amide bonds. The van der Waals surface area contributed by atoms with E-state index in [2.05, 4.69) is 34.2 Å². The highest BCUT2D eigenvalue weighted by molar-refractivity contribution is 7.99. The zero-order chi connectivity index (χ0) is 19.8. The molecule has 28 heavy (non-hydrogen) atoms. The van der Waals surface area contributed by atoms with Crippen molar-refractivity contribution in [2.75, 3.05) is 5.75 Å². The predicted octanol–water partition coefficient (Wildman–Crippen LogP) is 4.12. The Morgan fingerprint density at radius 1 is 1.11 bits per heavy atom. The Bertz CT molecular complexity index is 925. The largest absolute Gasteiger partial charge is 0.351 e. The monoisotopic (exact) mass is 412 g/mol. The third kappa shape index (κ3) is 5.71. The zero-order valence-corrected chi connectivity index (χ0v) is 16.9. The van der Waals surface area contributed by atoms with Crippen molar-refractivity contribution in [1.29, 1.82) is 0 Å². The number of nitrogens with one attached hydrogen (secondary N) is 1. The van der Waals surface area contributed by atoms with Crippen LogP contribution in [0.5, 0.6) is 0 Å². The van der Waals surface area contributed by atoms with E-state index >= 15 is 0 Å². The van der Waals surface area contributed by atoms with E-state index in [1.807, 2.05) is 53.1 Å². The van der Waals surface area contributed by atoms with Crippen LogP contribution in [0, 0.1) is 0 Å². The average Bonchev–Trinajstić information content (AvgIpc) is 3.08. The van der Waals surface area contributed by atoms with Crippen LogP contribution < -0.4 is 5.32 Å². The van der Waals surface area contributed by atoms with Gasteiger partial charge in [0, 0.05) is 24.5 Å². The van der Waals surface area contributed by atoms with E-state index in [1.54, 1.807) is 0 Å². The fraction of sp³-hybridized carbons (Fsp3) is 0.190. The number of carbonyl (C=O) groups is 1. The van der Waals surface area contributed by atoms with Crippen molar-refractivity contribution in [1.82, 2.24) is 20.1 Å². The van der Waals surface area contributed by atoms with Gasteiger partial charge in [-0.25, -0.2) is 0 Å². The van der Waals surface area contributed by atoms with Crippen molar-refractivity contribution in [3.05, 3.63) is 89.2 Å². The molecule has 0 unspecified atom stereocenters. The molecule has 0 saturated heterocycles. The lowest BCUT2D eigenvalue weighted by Gasteiger charge is -2.08. The van der Waals surface area contributed by atoms with Gasteiger partial charge in [0.05, 0.1) is 5.75 Å². The predicted molar refractivity (Wildman–Crippen MR) is 113 cm³/mol. The minimum absolute atomic E-state index is 0.0577. The fourth-order valence-electron chi connectivity index (χ4n) is 2.63. The molecule has 1 heterocycles. The first-order valence-corrected chi connectivity index (χ1v) is 10.2. The Morgan fingerprint density at radius 3 is 2.57 bits per heavy atom. The minimum atomic E-state index is -0.0577. The average molecular weight is 413 g/mol. The molecular formula is C21H21ClN4OS. The summed E-state index contributed by atoms with van der Waals surface area (Å²) in [6.45, 7) is 4.88. The SMILES string of the molecule is C=CCn1c(Cc2ccccc2)nnc1SCC(=O)NCc1ccc(Cl)cc1. The second kappa shape index (κ2) is 10.1. The Hall–Kier alpha value is -2.57. The van der Waals surface area contributed by atoms with Gasteiger partial charge in [-0.15, -0.1) is 16.8 Å². The molecule has 3 rings (SSSR count). The quantitative estimate of drug-likeness (QED) is 0.424. The van der Waals surface area contributed by atoms with Gasteiger partial charge in [0.25, 0.3) is 0 Å². The van der Waals surface area contributed by atoms with Crippen molar-refractivity contribution in [2.45, 2.75) is 24.7 Å². The third-order valence-electron chi connectivity index (χ3n) is 4.05. The number of hydrogen-bond donors (Lipinski definition) is 1. The molecule has 3 aromatic rings. The van der Waals surface area contributed by atoms with Crippen LogP contribution in [0.15, 0.2) is 72.4 Å². The summed E-state index contributed by atoms with van der Waals surface area (Å²) in [4.78, 5) is 12.2. The number of hydrogen-bond acceptors (Lipinski definition) is 4. The van der Waals surface area contributed by atoms with Gasteiger partial charge in [-0.3, -0.25) is 4.79 Å². The van der Waals surface area contributed by atoms with Crippen LogP contribution in [0.3, 0.4) is 0 Å². The molecule has 0 spiro atoms. The van der Waals surface area contributed by atoms with Gasteiger partial charge in [0.1, 0.15) is 5.82 Å². The lowest BCUT2D eigenvalue weighted by Crippen LogP contribution is -2.24. The van der Waals surface area contributed by atoms with Crippen LogP contribution >= 0.6 is 23.4 Å². The van der Waals surface area contributed by atoms with Gasteiger partial charge in [0.15, 0.2) is 5.16 Å². The zero-order valence-electron chi connectivity index (χ0n) is 15.3. The third-order valence-corrected chi connectivity index (χ3v) is 5.26. The first-order valence-electron chi connectivity index (χ1n) is 8.86. The van der Waals surface area contributed by atoms with Gasteiger partial charge in [-0.05, 0) is 23.3 Å². The summed E-state index contributed by atoms with van der Waals surface area (Å²) in [7, 11) is 0. The number of benzene rings is 2. The van der Waals surface area contributed by atoms with E-state index < -0.39 is 0 Å². The molecule has 0 aliphatic carbocycles. The van der Waals surface area contributed by atoms with Crippen LogP contribution in [0.4, 0.5) is 0 Å². The van der Waals surface area contributed by atoms with Gasteiger partial charge in [0.2, 0.25) is 5.91 Å². The molecule has 1 aromatic heterocycles. The first kappa shape index (κ1) is 20.2. The summed E-state index contributed by atoms with van der Waals surface area (Å²) in [5, 5.41) is 12.9. The second-order valence-corrected chi connectivity index (χ2v) is 7.53. The van der Waals surface area contributed by atoms with E-state index in [0.717, 1.165) is 17.0 Å². The van der Waals surface area contributed by atoms with Gasteiger partial charge >= 0.3 is 0 Å². The summed E-state index contributed by atoms with van der Waals surface area (Å²) in [6, 6.07) is 17.5. The number of allylic oxidation sites excluding steroid dienone is 1. The number of amides is 1. The number of carbonyl (C=O) groups excluding carboxylic acids is 1. The molecule has 0 bridgehead atoms. The van der Waals surface area contributed by atoms with Crippen molar-refractivity contribution in [3.63, 3.8) is 0 Å². The highest BCUT2D eigenvalue weighted by Gasteiger charge is 2.14. The summed E-state index contributed by atoms with van der Waals surface area (Å²) < 4.78 is 2.00. The molecule has 144 valence electrons. The lowest BCUT2D eigenvalue weighted by molar-refractivity contribution is -0.118. The van der Waals surface area contributed by atoms with Crippen molar-refractivity contribution < 1.29 is 4.79 Å². The maximum absolute atomic E-state index is 12.2. The van der Waals surface area contributed by atoms with Crippen LogP contribution in [-0.2, 0) is 24.3 Å². The molecule has 0 radical (unpaired) electrons. The van der Waals surface area contributed by atoms with E-state index in [9.17, 15) is 4.79 Å². The molecule has 5 nitrogen and oxygen atoms in total. The van der Waals surface area contributed by atoms with E-state index in [0.29, 0.717) is 29.7 Å². The highest BCUT2D eigenvalue weighted by atomic mass is 35.5. The molecule has 0 saturated carbocycles. The van der Waals surface area contributed by atoms with Crippen molar-refractivity contribution in [3.8, 4) is 0 Å². The van der Waals surface area contributed by atoms with Gasteiger partial charge < -0.3 is 9.88 Å². The summed E-state index contributed by atoms with van der Waals surface area (Å²) in [5.41, 5.74) is 2.17. The molecule has 0 aliphatic heterocycles. The maximum atomic E-state index is 12.2. The minimum Gasteiger partial charge on any atom is -0.351 e. The van der Waals surface area contributed by atoms with Crippen LogP contribution in [0.1, 0.15) is 17.0 Å². The summed E-state index contributed by atoms with van der Waals surface area (Å²) in [5.74, 6) is 1.07. The Balaban J connectivity index is 1.57. The molecule has 1 N–H and O–H groups in total. The standard InChI is InChI=1S/C21H21ClN4OS/c1-2-12-26-19(13-16-6-4-3-5-7-16)24-25-21(26)28-15-20(27)23-14-17-8-10-18(22)11-9-17/h2-11H,1,12-15H2,(H,23,27). The van der Waals surface area contributed by atoms with Crippen molar-refractivity contribution in [2.24, 2.45) is 0 Å². The topological polar surface area (TPSA) is 59.8 Å². The molecule has 2 aromatic carbocycles. The Kier molecular flexibility index (Phi) is 7.28. The molecule has 0 atom stereocenters. The molecule has 0 aliphatic rings. The fourth-order valence-corrected chi connectivity index (χ4v) is 3.55. The van der Waals surface area contributed by atoms with E-state index in [-0.39, 0.29) is 11.7 Å². The Morgan fingerprint density at radius 2 is 1.86 bits per heavy atom. The summed E-state index contributed by atoms with van der Waals surface area (Å²) in [6.07, 6.45) is 2.49. The Labute approximate surface area is 173 Å². The summed E-state index contributed by atoms with van der Waals surface area (Å²) >= 11 is 7.25. The molecule has 7 heteroatoms. The van der Waals surface area contributed by atoms with Crippen LogP contribution in [0.2, 0.25) is 5.02 Å². The van der Waals surface area contributed by atoms with Crippen molar-refractivity contribution >= 4 is 29.3 Å². The normalized spacial score (nSPS) is 10.6. The highest BCUT2D eigenvalue weighted by Crippen LogP contribution is 2.19. The molecule has 0 fully saturated rings. The lowest BCUT2D eigenvalue weighted by atomic mass is 10.1. The number of rotatable bonds is 9. The molecular weight excluding hydrogens is 392 g/mol. The smallest absolute Gasteiger partial charge is 0.230 e. The van der Waals surface area contributed by atoms with Gasteiger partial charge in [-0.1, -0.05) is 71.9 Å². The second-order valence-electron chi connectivity index (χ2n) is 6.15. The number of halogens is 1.